The van der Waals surface area contributed by atoms with Crippen molar-refractivity contribution in [1.82, 2.24) is 9.55 Å². The maximum atomic E-state index is 14.7. The topological polar surface area (TPSA) is 101 Å². The van der Waals surface area contributed by atoms with E-state index in [4.69, 9.17) is 17.3 Å². The summed E-state index contributed by atoms with van der Waals surface area (Å²) < 4.78 is 43.6. The normalized spacial score (nSPS) is 13.6. The largest absolute Gasteiger partial charge is 0.477 e. The summed E-state index contributed by atoms with van der Waals surface area (Å²) in [5.41, 5.74) is 3.48. The molecule has 11 heteroatoms. The number of nitrogens with zero attached hydrogens (tertiary/aromatic N) is 3. The van der Waals surface area contributed by atoms with Crippen LogP contribution in [0.4, 0.5) is 24.7 Å². The Labute approximate surface area is 165 Å². The Hall–Kier alpha value is -3.27. The molecular formula is C18H12ClF3N4O3. The highest BCUT2D eigenvalue weighted by Gasteiger charge is 2.27. The fourth-order valence-electron chi connectivity index (χ4n) is 3.19. The number of carbonyl (C=O) groups is 1. The van der Waals surface area contributed by atoms with Gasteiger partial charge < -0.3 is 15.7 Å². The summed E-state index contributed by atoms with van der Waals surface area (Å²) in [6.45, 7) is 1.05. The number of aromatic carboxylic acids is 1. The van der Waals surface area contributed by atoms with E-state index in [0.29, 0.717) is 19.2 Å². The van der Waals surface area contributed by atoms with Gasteiger partial charge in [-0.05, 0) is 12.5 Å². The molecule has 150 valence electrons. The molecule has 0 atom stereocenters. The van der Waals surface area contributed by atoms with Crippen LogP contribution in [0.25, 0.3) is 16.7 Å². The minimum atomic E-state index is -1.62. The number of halogens is 4. The number of anilines is 2. The molecule has 1 saturated heterocycles. The first kappa shape index (κ1) is 19.1. The van der Waals surface area contributed by atoms with Gasteiger partial charge in [0.1, 0.15) is 11.4 Å². The highest BCUT2D eigenvalue weighted by molar-refractivity contribution is 6.38. The Morgan fingerprint density at radius 2 is 1.86 bits per heavy atom. The highest BCUT2D eigenvalue weighted by atomic mass is 35.5. The van der Waals surface area contributed by atoms with Gasteiger partial charge in [-0.15, -0.1) is 0 Å². The van der Waals surface area contributed by atoms with Crippen molar-refractivity contribution < 1.29 is 23.1 Å². The molecule has 29 heavy (non-hydrogen) atoms. The molecule has 1 aliphatic rings. The van der Waals surface area contributed by atoms with E-state index in [0.717, 1.165) is 23.3 Å². The maximum absolute atomic E-state index is 14.7. The Morgan fingerprint density at radius 3 is 2.45 bits per heavy atom. The second-order valence-corrected chi connectivity index (χ2v) is 6.84. The zero-order chi connectivity index (χ0) is 21.0. The lowest BCUT2D eigenvalue weighted by atomic mass is 10.1. The van der Waals surface area contributed by atoms with E-state index in [-0.39, 0.29) is 21.6 Å². The fraction of sp³-hybridized carbons (Fsp3) is 0.167. The van der Waals surface area contributed by atoms with Crippen molar-refractivity contribution in [2.45, 2.75) is 6.42 Å². The molecule has 0 spiro atoms. The second-order valence-electron chi connectivity index (χ2n) is 6.47. The number of fused-ring (bicyclic) bond motifs is 1. The molecule has 3 N–H and O–H groups in total. The van der Waals surface area contributed by atoms with E-state index in [1.54, 1.807) is 4.90 Å². The summed E-state index contributed by atoms with van der Waals surface area (Å²) >= 11 is 6.39. The molecular weight excluding hydrogens is 413 g/mol. The van der Waals surface area contributed by atoms with Crippen LogP contribution in [0.2, 0.25) is 5.02 Å². The molecule has 0 radical (unpaired) electrons. The summed E-state index contributed by atoms with van der Waals surface area (Å²) in [5, 5.41) is 8.73. The van der Waals surface area contributed by atoms with Gasteiger partial charge in [-0.2, -0.15) is 0 Å². The van der Waals surface area contributed by atoms with Gasteiger partial charge in [0.15, 0.2) is 23.3 Å². The van der Waals surface area contributed by atoms with Gasteiger partial charge in [0.05, 0.1) is 21.6 Å². The number of carboxylic acids is 1. The summed E-state index contributed by atoms with van der Waals surface area (Å²) in [6, 6.07) is 1.32. The van der Waals surface area contributed by atoms with Crippen LogP contribution in [0, 0.1) is 17.5 Å². The molecule has 1 aliphatic heterocycles. The molecule has 0 saturated carbocycles. The highest BCUT2D eigenvalue weighted by Crippen LogP contribution is 2.38. The second kappa shape index (κ2) is 6.66. The van der Waals surface area contributed by atoms with Crippen LogP contribution in [0.1, 0.15) is 16.8 Å². The van der Waals surface area contributed by atoms with Crippen molar-refractivity contribution in [1.29, 1.82) is 0 Å². The Morgan fingerprint density at radius 1 is 1.17 bits per heavy atom. The lowest BCUT2D eigenvalue weighted by Gasteiger charge is -2.34. The van der Waals surface area contributed by atoms with Crippen LogP contribution in [0.5, 0.6) is 0 Å². The number of hydrogen-bond acceptors (Lipinski definition) is 5. The summed E-state index contributed by atoms with van der Waals surface area (Å²) in [4.78, 5) is 29.4. The number of nitrogens with two attached hydrogens (primary N) is 1. The quantitative estimate of drug-likeness (QED) is 0.670. The van der Waals surface area contributed by atoms with Crippen molar-refractivity contribution >= 4 is 40.0 Å². The first-order chi connectivity index (χ1) is 13.7. The minimum Gasteiger partial charge on any atom is -0.477 e. The van der Waals surface area contributed by atoms with Gasteiger partial charge in [0.2, 0.25) is 5.43 Å². The molecule has 1 aromatic carbocycles. The first-order valence-corrected chi connectivity index (χ1v) is 8.76. The first-order valence-electron chi connectivity index (χ1n) is 8.38. The summed E-state index contributed by atoms with van der Waals surface area (Å²) in [5.74, 6) is -5.96. The van der Waals surface area contributed by atoms with Gasteiger partial charge in [-0.3, -0.25) is 9.36 Å². The van der Waals surface area contributed by atoms with E-state index >= 15 is 0 Å². The van der Waals surface area contributed by atoms with E-state index < -0.39 is 46.0 Å². The maximum Gasteiger partial charge on any atom is 0.341 e. The van der Waals surface area contributed by atoms with E-state index in [1.807, 2.05) is 0 Å². The molecule has 0 amide bonds. The molecule has 7 nitrogen and oxygen atoms in total. The molecule has 4 rings (SSSR count). The third kappa shape index (κ3) is 2.87. The SMILES string of the molecule is Nc1nc(-n2cc(C(=O)O)c(=O)c3cc(F)c(N4CCC4)c(Cl)c32)c(F)cc1F. The number of benzene rings is 1. The standard InChI is InChI=1S/C18H12ClF3N4O3/c19-12-13-7(4-9(20)14(12)25-2-1-3-25)15(27)8(18(28)29)6-26(13)17-11(22)5-10(21)16(23)24-17/h4-6H,1-3H2,(H2,23,24)(H,28,29). The van der Waals surface area contributed by atoms with Crippen molar-refractivity contribution in [3.8, 4) is 5.82 Å². The molecule has 0 aliphatic carbocycles. The van der Waals surface area contributed by atoms with Gasteiger partial charge in [0.25, 0.3) is 0 Å². The number of nitrogen functional groups attached to an aromatic ring is 1. The minimum absolute atomic E-state index is 0.00265. The monoisotopic (exact) mass is 424 g/mol. The van der Waals surface area contributed by atoms with E-state index in [1.165, 1.54) is 0 Å². The number of carboxylic acid groups (broad SMARTS) is 1. The predicted molar refractivity (Wildman–Crippen MR) is 100 cm³/mol. The van der Waals surface area contributed by atoms with Crippen LogP contribution in [0.3, 0.4) is 0 Å². The van der Waals surface area contributed by atoms with Crippen molar-refractivity contribution in [2.24, 2.45) is 0 Å². The molecule has 0 unspecified atom stereocenters. The van der Waals surface area contributed by atoms with Crippen LogP contribution in [-0.2, 0) is 0 Å². The molecule has 3 aromatic rings. The van der Waals surface area contributed by atoms with E-state index in [2.05, 4.69) is 4.98 Å². The van der Waals surface area contributed by atoms with Crippen LogP contribution in [-0.4, -0.2) is 33.7 Å². The van der Waals surface area contributed by atoms with Crippen molar-refractivity contribution in [3.63, 3.8) is 0 Å². The zero-order valence-electron chi connectivity index (χ0n) is 14.5. The van der Waals surface area contributed by atoms with E-state index in [9.17, 15) is 27.9 Å². The van der Waals surface area contributed by atoms with Crippen LogP contribution < -0.4 is 16.1 Å². The average Bonchev–Trinajstić information content (AvgIpc) is 2.60. The molecule has 2 aromatic heterocycles. The number of hydrogen-bond donors (Lipinski definition) is 2. The fourth-order valence-corrected chi connectivity index (χ4v) is 3.60. The van der Waals surface area contributed by atoms with Crippen LogP contribution >= 0.6 is 11.6 Å². The third-order valence-corrected chi connectivity index (χ3v) is 5.08. The van der Waals surface area contributed by atoms with Gasteiger partial charge in [0, 0.05) is 25.4 Å². The average molecular weight is 425 g/mol. The molecule has 3 heterocycles. The summed E-state index contributed by atoms with van der Waals surface area (Å²) in [7, 11) is 0. The number of aromatic nitrogens is 2. The number of rotatable bonds is 3. The van der Waals surface area contributed by atoms with Gasteiger partial charge >= 0.3 is 5.97 Å². The van der Waals surface area contributed by atoms with Crippen molar-refractivity contribution in [3.05, 3.63) is 56.6 Å². The Kier molecular flexibility index (Phi) is 4.38. The Bertz CT molecular complexity index is 1260. The Balaban J connectivity index is 2.18. The molecule has 0 bridgehead atoms. The van der Waals surface area contributed by atoms with Crippen LogP contribution in [0.15, 0.2) is 23.1 Å². The third-order valence-electron chi connectivity index (χ3n) is 4.73. The molecule has 1 fully saturated rings. The number of pyridine rings is 2. The lowest BCUT2D eigenvalue weighted by molar-refractivity contribution is 0.0695. The zero-order valence-corrected chi connectivity index (χ0v) is 15.3. The summed E-state index contributed by atoms with van der Waals surface area (Å²) in [6.07, 6.45) is 1.61. The van der Waals surface area contributed by atoms with Gasteiger partial charge in [-0.25, -0.2) is 22.9 Å². The smallest absolute Gasteiger partial charge is 0.341 e. The van der Waals surface area contributed by atoms with Crippen molar-refractivity contribution in [2.75, 3.05) is 23.7 Å². The van der Waals surface area contributed by atoms with Gasteiger partial charge in [-0.1, -0.05) is 11.6 Å². The predicted octanol–water partition coefficient (Wildman–Crippen LogP) is 2.95. The lowest BCUT2D eigenvalue weighted by Crippen LogP contribution is -2.38.